The van der Waals surface area contributed by atoms with Crippen molar-refractivity contribution in [2.75, 3.05) is 6.54 Å². The van der Waals surface area contributed by atoms with Crippen molar-refractivity contribution in [1.29, 1.82) is 0 Å². The molecule has 2 aromatic heterocycles. The van der Waals surface area contributed by atoms with Crippen molar-refractivity contribution in [2.45, 2.75) is 51.7 Å². The van der Waals surface area contributed by atoms with Crippen molar-refractivity contribution in [3.05, 3.63) is 48.3 Å². The fourth-order valence-corrected chi connectivity index (χ4v) is 3.40. The molecule has 0 saturated heterocycles. The van der Waals surface area contributed by atoms with Crippen molar-refractivity contribution in [2.24, 2.45) is 5.92 Å². The first kappa shape index (κ1) is 16.8. The predicted octanol–water partition coefficient (Wildman–Crippen LogP) is 3.57. The van der Waals surface area contributed by atoms with Gasteiger partial charge in [0, 0.05) is 6.04 Å². The van der Waals surface area contributed by atoms with E-state index in [1.165, 1.54) is 19.3 Å². The summed E-state index contributed by atoms with van der Waals surface area (Å²) in [4.78, 5) is 14.6. The topological polar surface area (TPSA) is 58.6 Å². The van der Waals surface area contributed by atoms with Crippen LogP contribution in [0, 0.1) is 5.92 Å². The quantitative estimate of drug-likeness (QED) is 0.843. The van der Waals surface area contributed by atoms with E-state index in [0.29, 0.717) is 31.6 Å². The Labute approximate surface area is 143 Å². The second kappa shape index (κ2) is 8.20. The van der Waals surface area contributed by atoms with E-state index in [0.717, 1.165) is 17.9 Å². The van der Waals surface area contributed by atoms with E-state index in [9.17, 15) is 4.79 Å². The highest BCUT2D eigenvalue weighted by Gasteiger charge is 2.24. The third-order valence-corrected chi connectivity index (χ3v) is 4.74. The number of nitrogens with one attached hydrogen (secondary N) is 1. The molecule has 24 heavy (non-hydrogen) atoms. The molecule has 2 atom stereocenters. The van der Waals surface area contributed by atoms with E-state index in [2.05, 4.69) is 12.2 Å². The first-order valence-electron chi connectivity index (χ1n) is 8.77. The minimum atomic E-state index is 0.0758. The molecule has 0 bridgehead atoms. The van der Waals surface area contributed by atoms with Gasteiger partial charge in [0.05, 0.1) is 32.2 Å². The first-order valence-corrected chi connectivity index (χ1v) is 8.77. The summed E-state index contributed by atoms with van der Waals surface area (Å²) in [6, 6.07) is 7.89. The molecule has 1 saturated carbocycles. The molecule has 3 rings (SSSR count). The maximum atomic E-state index is 12.5. The molecule has 5 nitrogen and oxygen atoms in total. The second-order valence-corrected chi connectivity index (χ2v) is 6.74. The number of nitrogens with zero attached hydrogens (tertiary/aromatic N) is 1. The van der Waals surface area contributed by atoms with Gasteiger partial charge in [-0.25, -0.2) is 0 Å². The van der Waals surface area contributed by atoms with Crippen LogP contribution in [-0.4, -0.2) is 23.4 Å². The Morgan fingerprint density at radius 1 is 1.12 bits per heavy atom. The summed E-state index contributed by atoms with van der Waals surface area (Å²) in [6.07, 6.45) is 8.08. The Hall–Kier alpha value is -2.01. The highest BCUT2D eigenvalue weighted by atomic mass is 16.3. The molecule has 1 N–H and O–H groups in total. The Kier molecular flexibility index (Phi) is 5.75. The zero-order valence-electron chi connectivity index (χ0n) is 14.2. The smallest absolute Gasteiger partial charge is 0.234 e. The molecule has 1 aliphatic rings. The second-order valence-electron chi connectivity index (χ2n) is 6.74. The molecule has 1 amide bonds. The van der Waals surface area contributed by atoms with Gasteiger partial charge in [0.1, 0.15) is 11.5 Å². The first-order chi connectivity index (χ1) is 11.7. The van der Waals surface area contributed by atoms with Crippen LogP contribution in [0.3, 0.4) is 0 Å². The van der Waals surface area contributed by atoms with Crippen molar-refractivity contribution in [3.63, 3.8) is 0 Å². The summed E-state index contributed by atoms with van der Waals surface area (Å²) >= 11 is 0. The lowest BCUT2D eigenvalue weighted by Gasteiger charge is -2.30. The van der Waals surface area contributed by atoms with Crippen LogP contribution in [0.2, 0.25) is 0 Å². The Bertz CT molecular complexity index is 570. The lowest BCUT2D eigenvalue weighted by Crippen LogP contribution is -2.45. The fraction of sp³-hybridized carbons (Fsp3) is 0.526. The van der Waals surface area contributed by atoms with Gasteiger partial charge in [0.15, 0.2) is 0 Å². The molecule has 0 aromatic carbocycles. The number of carbonyl (C=O) groups excluding carboxylic acids is 1. The number of amides is 1. The number of furan rings is 2. The van der Waals surface area contributed by atoms with Crippen molar-refractivity contribution < 1.29 is 13.6 Å². The lowest BCUT2D eigenvalue weighted by molar-refractivity contribution is -0.123. The van der Waals surface area contributed by atoms with Gasteiger partial charge in [-0.05, 0) is 43.0 Å². The van der Waals surface area contributed by atoms with Gasteiger partial charge in [-0.15, -0.1) is 0 Å². The third-order valence-electron chi connectivity index (χ3n) is 4.74. The summed E-state index contributed by atoms with van der Waals surface area (Å²) < 4.78 is 10.9. The minimum Gasteiger partial charge on any atom is -0.468 e. The zero-order valence-corrected chi connectivity index (χ0v) is 14.2. The summed E-state index contributed by atoms with van der Waals surface area (Å²) in [5.41, 5.74) is 0. The number of hydrogen-bond donors (Lipinski definition) is 1. The van der Waals surface area contributed by atoms with Crippen LogP contribution in [0.15, 0.2) is 45.6 Å². The van der Waals surface area contributed by atoms with Crippen LogP contribution in [-0.2, 0) is 17.9 Å². The van der Waals surface area contributed by atoms with Gasteiger partial charge in [0.25, 0.3) is 0 Å². The van der Waals surface area contributed by atoms with Crippen LogP contribution >= 0.6 is 0 Å². The van der Waals surface area contributed by atoms with Gasteiger partial charge in [-0.1, -0.05) is 19.8 Å². The van der Waals surface area contributed by atoms with Crippen LogP contribution in [0.5, 0.6) is 0 Å². The maximum Gasteiger partial charge on any atom is 0.234 e. The third kappa shape index (κ3) is 4.74. The largest absolute Gasteiger partial charge is 0.468 e. The summed E-state index contributed by atoms with van der Waals surface area (Å²) in [6.45, 7) is 3.74. The van der Waals surface area contributed by atoms with E-state index in [1.54, 1.807) is 12.5 Å². The van der Waals surface area contributed by atoms with Crippen molar-refractivity contribution >= 4 is 5.91 Å². The fourth-order valence-electron chi connectivity index (χ4n) is 3.40. The van der Waals surface area contributed by atoms with Gasteiger partial charge in [-0.2, -0.15) is 0 Å². The zero-order chi connectivity index (χ0) is 16.8. The molecule has 0 unspecified atom stereocenters. The van der Waals surface area contributed by atoms with E-state index < -0.39 is 0 Å². The van der Waals surface area contributed by atoms with Gasteiger partial charge in [-0.3, -0.25) is 9.69 Å². The number of rotatable bonds is 7. The molecule has 2 aromatic rings. The van der Waals surface area contributed by atoms with Crippen molar-refractivity contribution in [1.82, 2.24) is 10.2 Å². The molecule has 0 aliphatic heterocycles. The Morgan fingerprint density at radius 3 is 2.29 bits per heavy atom. The van der Waals surface area contributed by atoms with E-state index in [-0.39, 0.29) is 5.91 Å². The molecule has 5 heteroatoms. The molecule has 1 aliphatic carbocycles. The van der Waals surface area contributed by atoms with E-state index in [4.69, 9.17) is 8.83 Å². The van der Waals surface area contributed by atoms with Crippen LogP contribution in [0.1, 0.15) is 44.1 Å². The summed E-state index contributed by atoms with van der Waals surface area (Å²) in [7, 11) is 0. The average Bonchev–Trinajstić information content (AvgIpc) is 3.23. The van der Waals surface area contributed by atoms with E-state index >= 15 is 0 Å². The van der Waals surface area contributed by atoms with E-state index in [1.807, 2.05) is 29.2 Å². The molecule has 2 heterocycles. The predicted molar refractivity (Wildman–Crippen MR) is 91.1 cm³/mol. The highest BCUT2D eigenvalue weighted by molar-refractivity contribution is 5.78. The molecular formula is C19H26N2O3. The molecule has 1 fully saturated rings. The Balaban J connectivity index is 1.58. The van der Waals surface area contributed by atoms with Crippen LogP contribution < -0.4 is 5.32 Å². The molecule has 130 valence electrons. The average molecular weight is 330 g/mol. The SMILES string of the molecule is C[C@@H]1CCCC[C@@H]1NC(=O)CN(Cc1ccco1)Cc1ccco1. The summed E-state index contributed by atoms with van der Waals surface area (Å²) in [5, 5.41) is 3.22. The molecule has 0 radical (unpaired) electrons. The summed E-state index contributed by atoms with van der Waals surface area (Å²) in [5.74, 6) is 2.33. The molecule has 0 spiro atoms. The maximum absolute atomic E-state index is 12.5. The Morgan fingerprint density at radius 2 is 1.75 bits per heavy atom. The van der Waals surface area contributed by atoms with Crippen LogP contribution in [0.4, 0.5) is 0 Å². The molecular weight excluding hydrogens is 304 g/mol. The normalized spacial score (nSPS) is 21.1. The van der Waals surface area contributed by atoms with Crippen LogP contribution in [0.25, 0.3) is 0 Å². The number of carbonyl (C=O) groups is 1. The number of hydrogen-bond acceptors (Lipinski definition) is 4. The van der Waals surface area contributed by atoms with Gasteiger partial charge < -0.3 is 14.2 Å². The highest BCUT2D eigenvalue weighted by Crippen LogP contribution is 2.23. The van der Waals surface area contributed by atoms with Gasteiger partial charge in [0.2, 0.25) is 5.91 Å². The lowest BCUT2D eigenvalue weighted by atomic mass is 9.86. The van der Waals surface area contributed by atoms with Crippen molar-refractivity contribution in [3.8, 4) is 0 Å². The monoisotopic (exact) mass is 330 g/mol. The minimum absolute atomic E-state index is 0.0758. The van der Waals surface area contributed by atoms with Gasteiger partial charge >= 0.3 is 0 Å². The standard InChI is InChI=1S/C19H26N2O3/c1-15-6-2-3-9-18(15)20-19(22)14-21(12-16-7-4-10-23-16)13-17-8-5-11-24-17/h4-5,7-8,10-11,15,18H,2-3,6,9,12-14H2,1H3,(H,20,22)/t15-,18+/m1/s1.